The number of nitrogens with zero attached hydrogens (tertiary/aromatic N) is 2. The number of anilines is 1. The molecule has 1 N–H and O–H groups in total. The first kappa shape index (κ1) is 9.40. The van der Waals surface area contributed by atoms with E-state index >= 15 is 0 Å². The summed E-state index contributed by atoms with van der Waals surface area (Å²) in [5, 5.41) is 5.44. The van der Waals surface area contributed by atoms with Crippen LogP contribution in [0.3, 0.4) is 0 Å². The van der Waals surface area contributed by atoms with Crippen LogP contribution in [-0.2, 0) is 0 Å². The van der Waals surface area contributed by atoms with Crippen molar-refractivity contribution in [2.75, 3.05) is 5.32 Å². The van der Waals surface area contributed by atoms with E-state index in [0.717, 1.165) is 16.0 Å². The van der Waals surface area contributed by atoms with Gasteiger partial charge in [-0.1, -0.05) is 0 Å². The number of aromatic nitrogens is 2. The Bertz CT molecular complexity index is 448. The molecule has 0 aliphatic rings. The van der Waals surface area contributed by atoms with Crippen LogP contribution in [0.15, 0.2) is 11.7 Å². The van der Waals surface area contributed by atoms with Gasteiger partial charge in [0.15, 0.2) is 0 Å². The molecule has 4 heteroatoms. The van der Waals surface area contributed by atoms with Crippen molar-refractivity contribution in [2.24, 2.45) is 0 Å². The fraction of sp³-hybridized carbons (Fsp3) is 0.400. The van der Waals surface area contributed by atoms with Gasteiger partial charge in [-0.05, 0) is 31.7 Å². The van der Waals surface area contributed by atoms with Crippen molar-refractivity contribution < 1.29 is 0 Å². The maximum Gasteiger partial charge on any atom is 0.147 e. The molecule has 2 aromatic rings. The van der Waals surface area contributed by atoms with E-state index in [0.29, 0.717) is 6.04 Å². The zero-order valence-corrected chi connectivity index (χ0v) is 9.35. The summed E-state index contributed by atoms with van der Waals surface area (Å²) >= 11 is 1.70. The zero-order chi connectivity index (χ0) is 10.1. The van der Waals surface area contributed by atoms with Crippen LogP contribution in [0.25, 0.3) is 10.2 Å². The monoisotopic (exact) mass is 207 g/mol. The molecular formula is C10H13N3S. The van der Waals surface area contributed by atoms with Gasteiger partial charge in [0, 0.05) is 6.04 Å². The minimum Gasteiger partial charge on any atom is -0.367 e. The number of hydrogen-bond donors (Lipinski definition) is 1. The molecule has 3 nitrogen and oxygen atoms in total. The molecule has 0 amide bonds. The Morgan fingerprint density at radius 2 is 2.14 bits per heavy atom. The van der Waals surface area contributed by atoms with Crippen LogP contribution in [0.1, 0.15) is 19.4 Å². The second kappa shape index (κ2) is 3.53. The minimum absolute atomic E-state index is 0.399. The smallest absolute Gasteiger partial charge is 0.147 e. The molecule has 2 heterocycles. The third-order valence-corrected chi connectivity index (χ3v) is 3.05. The summed E-state index contributed by atoms with van der Waals surface area (Å²) in [7, 11) is 0. The van der Waals surface area contributed by atoms with Gasteiger partial charge in [0.1, 0.15) is 12.1 Å². The van der Waals surface area contributed by atoms with Crippen molar-refractivity contribution >= 4 is 27.4 Å². The quantitative estimate of drug-likeness (QED) is 0.822. The molecule has 14 heavy (non-hydrogen) atoms. The molecule has 0 unspecified atom stereocenters. The lowest BCUT2D eigenvalue weighted by Crippen LogP contribution is -2.11. The lowest BCUT2D eigenvalue weighted by atomic mass is 10.3. The third kappa shape index (κ3) is 1.57. The number of rotatable bonds is 2. The van der Waals surface area contributed by atoms with Gasteiger partial charge in [0.05, 0.1) is 10.2 Å². The summed E-state index contributed by atoms with van der Waals surface area (Å²) in [4.78, 5) is 8.52. The molecule has 2 aromatic heterocycles. The molecule has 0 aromatic carbocycles. The highest BCUT2D eigenvalue weighted by Gasteiger charge is 2.07. The molecule has 0 saturated carbocycles. The van der Waals surface area contributed by atoms with E-state index in [1.807, 2.05) is 0 Å². The Kier molecular flexibility index (Phi) is 2.37. The molecule has 0 aliphatic carbocycles. The Hall–Kier alpha value is -1.16. The van der Waals surface area contributed by atoms with Crippen molar-refractivity contribution in [3.05, 3.63) is 17.3 Å². The van der Waals surface area contributed by atoms with Gasteiger partial charge in [-0.2, -0.15) is 0 Å². The van der Waals surface area contributed by atoms with Crippen LogP contribution in [0, 0.1) is 6.92 Å². The summed E-state index contributed by atoms with van der Waals surface area (Å²) in [5.41, 5.74) is 2.28. The summed E-state index contributed by atoms with van der Waals surface area (Å²) in [6.45, 7) is 6.29. The van der Waals surface area contributed by atoms with E-state index in [9.17, 15) is 0 Å². The highest BCUT2D eigenvalue weighted by Crippen LogP contribution is 2.28. The highest BCUT2D eigenvalue weighted by molar-refractivity contribution is 7.18. The molecule has 0 atom stereocenters. The molecule has 0 aliphatic heterocycles. The standard InChI is InChI=1S/C10H13N3S/c1-6(2)13-10-9-8(11-5-12-10)7(3)4-14-9/h4-6H,1-3H3,(H,11,12,13). The molecule has 0 spiro atoms. The predicted molar refractivity (Wildman–Crippen MR) is 60.9 cm³/mol. The third-order valence-electron chi connectivity index (χ3n) is 1.96. The number of nitrogens with one attached hydrogen (secondary N) is 1. The van der Waals surface area contributed by atoms with Crippen molar-refractivity contribution in [3.63, 3.8) is 0 Å². The van der Waals surface area contributed by atoms with Gasteiger partial charge in [-0.3, -0.25) is 0 Å². The SMILES string of the molecule is Cc1csc2c(NC(C)C)ncnc12. The highest BCUT2D eigenvalue weighted by atomic mass is 32.1. The van der Waals surface area contributed by atoms with Crippen molar-refractivity contribution in [2.45, 2.75) is 26.8 Å². The Morgan fingerprint density at radius 1 is 1.36 bits per heavy atom. The van der Waals surface area contributed by atoms with E-state index < -0.39 is 0 Å². The van der Waals surface area contributed by atoms with E-state index in [2.05, 4.69) is 41.4 Å². The van der Waals surface area contributed by atoms with E-state index in [-0.39, 0.29) is 0 Å². The number of thiophene rings is 1. The molecule has 74 valence electrons. The Balaban J connectivity index is 2.54. The largest absolute Gasteiger partial charge is 0.367 e. The van der Waals surface area contributed by atoms with Gasteiger partial charge in [0.2, 0.25) is 0 Å². The van der Waals surface area contributed by atoms with Gasteiger partial charge >= 0.3 is 0 Å². The second-order valence-corrected chi connectivity index (χ2v) is 4.50. The first-order valence-corrected chi connectivity index (χ1v) is 5.52. The summed E-state index contributed by atoms with van der Waals surface area (Å²) in [6, 6.07) is 0.399. The van der Waals surface area contributed by atoms with Crippen LogP contribution < -0.4 is 5.32 Å². The minimum atomic E-state index is 0.399. The molecule has 2 rings (SSSR count). The maximum absolute atomic E-state index is 4.27. The second-order valence-electron chi connectivity index (χ2n) is 3.62. The summed E-state index contributed by atoms with van der Waals surface area (Å²) < 4.78 is 1.15. The summed E-state index contributed by atoms with van der Waals surface area (Å²) in [5.74, 6) is 0.947. The summed E-state index contributed by atoms with van der Waals surface area (Å²) in [6.07, 6.45) is 1.62. The molecule has 0 fully saturated rings. The lowest BCUT2D eigenvalue weighted by molar-refractivity contribution is 0.891. The van der Waals surface area contributed by atoms with Crippen LogP contribution in [0.2, 0.25) is 0 Å². The van der Waals surface area contributed by atoms with E-state index in [1.54, 1.807) is 17.7 Å². The van der Waals surface area contributed by atoms with Crippen LogP contribution in [0.4, 0.5) is 5.82 Å². The average molecular weight is 207 g/mol. The van der Waals surface area contributed by atoms with Crippen molar-refractivity contribution in [3.8, 4) is 0 Å². The van der Waals surface area contributed by atoms with E-state index in [4.69, 9.17) is 0 Å². The number of hydrogen-bond acceptors (Lipinski definition) is 4. The lowest BCUT2D eigenvalue weighted by Gasteiger charge is -2.08. The van der Waals surface area contributed by atoms with Crippen LogP contribution in [0.5, 0.6) is 0 Å². The van der Waals surface area contributed by atoms with Crippen LogP contribution >= 0.6 is 11.3 Å². The first-order valence-electron chi connectivity index (χ1n) is 4.64. The average Bonchev–Trinajstić information content (AvgIpc) is 2.49. The van der Waals surface area contributed by atoms with Gasteiger partial charge < -0.3 is 5.32 Å². The molecule has 0 radical (unpaired) electrons. The van der Waals surface area contributed by atoms with Gasteiger partial charge in [-0.25, -0.2) is 9.97 Å². The normalized spacial score (nSPS) is 11.1. The molecule has 0 saturated heterocycles. The topological polar surface area (TPSA) is 37.8 Å². The van der Waals surface area contributed by atoms with Crippen LogP contribution in [-0.4, -0.2) is 16.0 Å². The number of aryl methyl sites for hydroxylation is 1. The molecule has 0 bridgehead atoms. The first-order chi connectivity index (χ1) is 6.68. The van der Waals surface area contributed by atoms with E-state index in [1.165, 1.54) is 5.56 Å². The molecular weight excluding hydrogens is 194 g/mol. The van der Waals surface area contributed by atoms with Crippen molar-refractivity contribution in [1.29, 1.82) is 0 Å². The van der Waals surface area contributed by atoms with Gasteiger partial charge in [-0.15, -0.1) is 11.3 Å². The fourth-order valence-electron chi connectivity index (χ4n) is 1.35. The predicted octanol–water partition coefficient (Wildman–Crippen LogP) is 2.82. The Labute approximate surface area is 87.2 Å². The van der Waals surface area contributed by atoms with Crippen molar-refractivity contribution in [1.82, 2.24) is 9.97 Å². The number of fused-ring (bicyclic) bond motifs is 1. The fourth-order valence-corrected chi connectivity index (χ4v) is 2.30. The zero-order valence-electron chi connectivity index (χ0n) is 8.53. The Morgan fingerprint density at radius 3 is 2.86 bits per heavy atom. The maximum atomic E-state index is 4.27. The van der Waals surface area contributed by atoms with Gasteiger partial charge in [0.25, 0.3) is 0 Å².